The average molecular weight is 702 g/mol. The van der Waals surface area contributed by atoms with Gasteiger partial charge in [0.25, 0.3) is 0 Å². The van der Waals surface area contributed by atoms with Crippen molar-refractivity contribution in [1.82, 2.24) is 19.9 Å². The van der Waals surface area contributed by atoms with E-state index in [1.807, 2.05) is 41.3 Å². The maximum Gasteiger partial charge on any atom is 0.233 e. The van der Waals surface area contributed by atoms with Crippen molar-refractivity contribution in [2.45, 2.75) is 57.8 Å². The third kappa shape index (κ3) is 7.79. The van der Waals surface area contributed by atoms with Gasteiger partial charge in [0.15, 0.2) is 0 Å². The maximum absolute atomic E-state index is 13.8. The fraction of sp³-hybridized carbons (Fsp3) is 0.405. The fourth-order valence-electron chi connectivity index (χ4n) is 6.75. The summed E-state index contributed by atoms with van der Waals surface area (Å²) in [7, 11) is 0. The van der Waals surface area contributed by atoms with Gasteiger partial charge in [0.2, 0.25) is 11.9 Å². The Morgan fingerprint density at radius 1 is 0.804 bits per heavy atom. The Labute approximate surface area is 285 Å². The lowest BCUT2D eigenvalue weighted by atomic mass is 9.77. The van der Waals surface area contributed by atoms with Crippen LogP contribution < -0.4 is 10.2 Å². The molecule has 2 aliphatic rings. The molecule has 1 amide bonds. The number of carbonyl (C=O) groups excluding carboxylic acids is 1. The van der Waals surface area contributed by atoms with Crippen LogP contribution in [0.4, 0.5) is 17.3 Å². The highest BCUT2D eigenvalue weighted by atomic mass is 79.9. The van der Waals surface area contributed by atoms with Crippen molar-refractivity contribution in [2.24, 2.45) is 5.41 Å². The van der Waals surface area contributed by atoms with Gasteiger partial charge in [0.1, 0.15) is 0 Å². The Kier molecular flexibility index (Phi) is 11.0. The molecule has 4 heterocycles. The lowest BCUT2D eigenvalue weighted by molar-refractivity contribution is -0.128. The average Bonchev–Trinajstić information content (AvgIpc) is 3.41. The molecule has 1 N–H and O–H groups in total. The number of hydrogen-bond donors (Lipinski definition) is 1. The minimum atomic E-state index is -0.252. The van der Waals surface area contributed by atoms with Crippen LogP contribution in [0.5, 0.6) is 0 Å². The van der Waals surface area contributed by atoms with Crippen molar-refractivity contribution >= 4 is 50.8 Å². The van der Waals surface area contributed by atoms with E-state index >= 15 is 0 Å². The Bertz CT molecular complexity index is 1610. The van der Waals surface area contributed by atoms with Crippen LogP contribution in [0.1, 0.15) is 57.8 Å². The number of carbonyl (C=O) groups is 1. The summed E-state index contributed by atoms with van der Waals surface area (Å²) in [5.74, 6) is 0.653. The Balaban J connectivity index is 1.07. The van der Waals surface area contributed by atoms with Crippen LogP contribution in [0.3, 0.4) is 0 Å². The summed E-state index contributed by atoms with van der Waals surface area (Å²) >= 11 is 10.1. The van der Waals surface area contributed by atoms with Crippen LogP contribution in [0, 0.1) is 5.41 Å². The van der Waals surface area contributed by atoms with Crippen molar-refractivity contribution in [3.63, 3.8) is 0 Å². The molecule has 2 aliphatic heterocycles. The molecule has 2 saturated heterocycles. The van der Waals surface area contributed by atoms with Crippen molar-refractivity contribution in [1.29, 1.82) is 0 Å². The normalized spacial score (nSPS) is 16.3. The number of amides is 1. The van der Waals surface area contributed by atoms with Crippen molar-refractivity contribution in [3.8, 4) is 22.4 Å². The molecule has 9 heteroatoms. The minimum absolute atomic E-state index is 0.237. The van der Waals surface area contributed by atoms with Crippen molar-refractivity contribution in [3.05, 3.63) is 84.3 Å². The monoisotopic (exact) mass is 700 g/mol. The molecule has 0 unspecified atom stereocenters. The van der Waals surface area contributed by atoms with E-state index in [0.717, 1.165) is 78.8 Å². The van der Waals surface area contributed by atoms with E-state index in [9.17, 15) is 4.79 Å². The zero-order valence-electron chi connectivity index (χ0n) is 26.3. The summed E-state index contributed by atoms with van der Waals surface area (Å²) in [4.78, 5) is 32.0. The van der Waals surface area contributed by atoms with Gasteiger partial charge in [-0.3, -0.25) is 9.78 Å². The number of piperidine rings is 1. The molecular weight excluding hydrogens is 660 g/mol. The van der Waals surface area contributed by atoms with Crippen molar-refractivity contribution < 1.29 is 4.79 Å². The van der Waals surface area contributed by atoms with E-state index in [1.165, 1.54) is 38.5 Å². The number of halogens is 2. The largest absolute Gasteiger partial charge is 0.323 e. The first kappa shape index (κ1) is 32.6. The van der Waals surface area contributed by atoms with Crippen LogP contribution >= 0.6 is 27.5 Å². The number of nitrogens with one attached hydrogen (secondary N) is 1. The highest BCUT2D eigenvalue weighted by Gasteiger charge is 2.48. The van der Waals surface area contributed by atoms with Gasteiger partial charge in [-0.1, -0.05) is 102 Å². The SMILES string of the molecule is O=C1N(c2cncc(Nc3ncc(Cl)c(-c4cccc(-c5ccccc5)c4)n3)c2)CCC12CCN(CCCCCCCCBr)CC2. The zero-order valence-corrected chi connectivity index (χ0v) is 28.6. The van der Waals surface area contributed by atoms with E-state index < -0.39 is 0 Å². The van der Waals surface area contributed by atoms with Gasteiger partial charge >= 0.3 is 0 Å². The fourth-order valence-corrected chi connectivity index (χ4v) is 7.35. The van der Waals surface area contributed by atoms with E-state index in [-0.39, 0.29) is 11.3 Å². The Hall–Kier alpha value is -3.33. The molecule has 0 radical (unpaired) electrons. The topological polar surface area (TPSA) is 74.2 Å². The molecule has 1 spiro atoms. The lowest BCUT2D eigenvalue weighted by Gasteiger charge is -2.38. The molecule has 6 rings (SSSR count). The molecule has 4 aromatic rings. The highest BCUT2D eigenvalue weighted by molar-refractivity contribution is 9.09. The second-order valence-corrected chi connectivity index (χ2v) is 13.7. The standard InChI is InChI=1S/C37H42BrClN6O/c38-18-8-3-1-2-4-9-19-44-20-15-37(16-21-44)17-22-45(35(37)46)32-24-31(25-40-26-32)42-36-41-27-33(39)34(43-36)30-14-10-13-29(23-30)28-11-6-5-7-12-28/h5-7,10-14,23-27H,1-4,8-9,15-22H2,(H,41,42,43). The number of rotatable bonds is 13. The first-order valence-electron chi connectivity index (χ1n) is 16.6. The van der Waals surface area contributed by atoms with E-state index in [2.05, 4.69) is 60.4 Å². The summed E-state index contributed by atoms with van der Waals surface area (Å²) in [5.41, 5.74) is 5.04. The number of anilines is 3. The van der Waals surface area contributed by atoms with E-state index in [0.29, 0.717) is 16.7 Å². The number of likely N-dealkylation sites (tertiary alicyclic amines) is 1. The summed E-state index contributed by atoms with van der Waals surface area (Å²) in [5, 5.41) is 4.88. The molecule has 0 saturated carbocycles. The first-order chi connectivity index (χ1) is 22.5. The number of nitrogens with zero attached hydrogens (tertiary/aromatic N) is 5. The van der Waals surface area contributed by atoms with E-state index in [1.54, 1.807) is 18.6 Å². The van der Waals surface area contributed by atoms with Crippen LogP contribution in [0.2, 0.25) is 5.02 Å². The van der Waals surface area contributed by atoms with Gasteiger partial charge in [-0.05, 0) is 75.0 Å². The number of alkyl halides is 1. The number of benzene rings is 2. The third-order valence-corrected chi connectivity index (χ3v) is 10.3. The summed E-state index contributed by atoms with van der Waals surface area (Å²) in [6.45, 7) is 3.88. The van der Waals surface area contributed by atoms with E-state index in [4.69, 9.17) is 16.6 Å². The van der Waals surface area contributed by atoms with Gasteiger partial charge < -0.3 is 15.1 Å². The molecular formula is C37H42BrClN6O. The van der Waals surface area contributed by atoms with Crippen LogP contribution in [0.25, 0.3) is 22.4 Å². The summed E-state index contributed by atoms with van der Waals surface area (Å²) < 4.78 is 0. The molecule has 46 heavy (non-hydrogen) atoms. The second kappa shape index (κ2) is 15.5. The molecule has 0 bridgehead atoms. The molecule has 240 valence electrons. The number of unbranched alkanes of at least 4 members (excludes halogenated alkanes) is 5. The van der Waals surface area contributed by atoms with Gasteiger partial charge in [-0.2, -0.15) is 0 Å². The summed E-state index contributed by atoms with van der Waals surface area (Å²) in [6, 6.07) is 20.4. The number of hydrogen-bond acceptors (Lipinski definition) is 6. The minimum Gasteiger partial charge on any atom is -0.323 e. The van der Waals surface area contributed by atoms with Gasteiger partial charge in [0.05, 0.1) is 46.1 Å². The number of pyridine rings is 1. The highest BCUT2D eigenvalue weighted by Crippen LogP contribution is 2.43. The Morgan fingerprint density at radius 2 is 1.52 bits per heavy atom. The van der Waals surface area contributed by atoms with Crippen LogP contribution in [-0.4, -0.2) is 57.3 Å². The predicted molar refractivity (Wildman–Crippen MR) is 192 cm³/mol. The first-order valence-corrected chi connectivity index (χ1v) is 18.1. The molecule has 2 fully saturated rings. The summed E-state index contributed by atoms with van der Waals surface area (Å²) in [6.07, 6.45) is 15.7. The molecule has 2 aromatic carbocycles. The number of aromatic nitrogens is 3. The second-order valence-electron chi connectivity index (χ2n) is 12.5. The predicted octanol–water partition coefficient (Wildman–Crippen LogP) is 9.16. The van der Waals surface area contributed by atoms with Crippen LogP contribution in [0.15, 0.2) is 79.3 Å². The molecule has 7 nitrogen and oxygen atoms in total. The molecule has 0 aliphatic carbocycles. The maximum atomic E-state index is 13.8. The van der Waals surface area contributed by atoms with Crippen LogP contribution in [-0.2, 0) is 4.79 Å². The molecule has 2 aromatic heterocycles. The smallest absolute Gasteiger partial charge is 0.233 e. The van der Waals surface area contributed by atoms with Crippen molar-refractivity contribution in [2.75, 3.05) is 41.7 Å². The van der Waals surface area contributed by atoms with Gasteiger partial charge in [-0.15, -0.1) is 0 Å². The van der Waals surface area contributed by atoms with Gasteiger partial charge in [-0.25, -0.2) is 9.97 Å². The quantitative estimate of drug-likeness (QED) is 0.111. The zero-order chi connectivity index (χ0) is 31.8. The Morgan fingerprint density at radius 3 is 2.33 bits per heavy atom. The lowest BCUT2D eigenvalue weighted by Crippen LogP contribution is -2.45. The molecule has 0 atom stereocenters. The van der Waals surface area contributed by atoms with Gasteiger partial charge in [0, 0.05) is 17.4 Å². The third-order valence-electron chi connectivity index (χ3n) is 9.46.